The van der Waals surface area contributed by atoms with Gasteiger partial charge in [-0.1, -0.05) is 12.8 Å². The largest absolute Gasteiger partial charge is 0.496 e. The number of nitrogens with zero attached hydrogens (tertiary/aromatic N) is 1. The first-order chi connectivity index (χ1) is 16.8. The highest BCUT2D eigenvalue weighted by atomic mass is 32.1. The zero-order valence-corrected chi connectivity index (χ0v) is 20.9. The first kappa shape index (κ1) is 25.4. The Morgan fingerprint density at radius 1 is 1.14 bits per heavy atom. The van der Waals surface area contributed by atoms with Gasteiger partial charge in [0.2, 0.25) is 0 Å². The summed E-state index contributed by atoms with van der Waals surface area (Å²) in [5.41, 5.74) is 2.40. The van der Waals surface area contributed by atoms with Crippen LogP contribution in [0.3, 0.4) is 0 Å². The van der Waals surface area contributed by atoms with Gasteiger partial charge in [-0.25, -0.2) is 9.78 Å². The monoisotopic (exact) mass is 501 g/mol. The Kier molecular flexibility index (Phi) is 7.91. The van der Waals surface area contributed by atoms with Crippen molar-refractivity contribution in [3.8, 4) is 11.5 Å². The summed E-state index contributed by atoms with van der Waals surface area (Å²) >= 11 is 1.35. The van der Waals surface area contributed by atoms with Crippen LogP contribution in [0.5, 0.6) is 11.5 Å². The lowest BCUT2D eigenvalue weighted by atomic mass is 9.99. The van der Waals surface area contributed by atoms with Crippen LogP contribution in [-0.2, 0) is 17.8 Å². The fourth-order valence-corrected chi connectivity index (χ4v) is 5.74. The molecule has 1 aliphatic rings. The van der Waals surface area contributed by atoms with Crippen LogP contribution in [0.2, 0.25) is 0 Å². The predicted molar refractivity (Wildman–Crippen MR) is 133 cm³/mol. The van der Waals surface area contributed by atoms with Crippen LogP contribution in [0.1, 0.15) is 63.8 Å². The van der Waals surface area contributed by atoms with E-state index in [0.29, 0.717) is 44.3 Å². The summed E-state index contributed by atoms with van der Waals surface area (Å²) in [6, 6.07) is 6.78. The van der Waals surface area contributed by atoms with Crippen LogP contribution in [0.25, 0.3) is 10.2 Å². The minimum Gasteiger partial charge on any atom is -0.496 e. The fraction of sp³-hybridized carbons (Fsp3) is 0.462. The Morgan fingerprint density at radius 2 is 1.80 bits per heavy atom. The Bertz CT molecular complexity index is 1180. The molecule has 1 aromatic heterocycles. The Balaban J connectivity index is 1.70. The minimum atomic E-state index is -1.10. The molecule has 1 aliphatic carbocycles. The summed E-state index contributed by atoms with van der Waals surface area (Å²) in [5, 5.41) is 31.3. The number of benzene rings is 2. The van der Waals surface area contributed by atoms with Crippen LogP contribution in [0, 0.1) is 6.92 Å². The topological polar surface area (TPSA) is 118 Å². The van der Waals surface area contributed by atoms with E-state index in [-0.39, 0.29) is 18.3 Å². The molecule has 0 bridgehead atoms. The van der Waals surface area contributed by atoms with Crippen LogP contribution < -0.4 is 9.47 Å². The molecule has 4 rings (SSSR count). The highest BCUT2D eigenvalue weighted by Crippen LogP contribution is 2.36. The zero-order valence-electron chi connectivity index (χ0n) is 20.1. The highest BCUT2D eigenvalue weighted by molar-refractivity contribution is 7.18. The molecule has 3 N–H and O–H groups in total. The van der Waals surface area contributed by atoms with Crippen molar-refractivity contribution >= 4 is 27.5 Å². The molecule has 0 radical (unpaired) electrons. The van der Waals surface area contributed by atoms with Gasteiger partial charge in [-0.15, -0.1) is 11.3 Å². The van der Waals surface area contributed by atoms with Crippen molar-refractivity contribution in [1.82, 2.24) is 4.98 Å². The summed E-state index contributed by atoms with van der Waals surface area (Å²) < 4.78 is 18.1. The second kappa shape index (κ2) is 10.9. The maximum absolute atomic E-state index is 11.8. The molecule has 0 saturated heterocycles. The van der Waals surface area contributed by atoms with E-state index in [1.165, 1.54) is 17.4 Å². The SMILES string of the molecule is COc1cc(C(O)C(Cc2nc3c(C(=O)O)cc(CO)cc3s2)OC2CCCC2)cc(OC)c1C. The third-order valence-electron chi connectivity index (χ3n) is 6.53. The fourth-order valence-electron chi connectivity index (χ4n) is 4.64. The van der Waals surface area contributed by atoms with E-state index < -0.39 is 18.2 Å². The normalized spacial score (nSPS) is 15.9. The number of ether oxygens (including phenoxy) is 3. The smallest absolute Gasteiger partial charge is 0.337 e. The molecular weight excluding hydrogens is 470 g/mol. The van der Waals surface area contributed by atoms with Crippen LogP contribution >= 0.6 is 11.3 Å². The molecule has 8 nitrogen and oxygen atoms in total. The molecule has 1 fully saturated rings. The lowest BCUT2D eigenvalue weighted by Gasteiger charge is -2.27. The number of carboxylic acid groups (broad SMARTS) is 1. The maximum Gasteiger partial charge on any atom is 0.337 e. The lowest BCUT2D eigenvalue weighted by Crippen LogP contribution is -2.29. The van der Waals surface area contributed by atoms with E-state index in [0.717, 1.165) is 31.2 Å². The second-order valence-corrected chi connectivity index (χ2v) is 9.96. The van der Waals surface area contributed by atoms with E-state index in [2.05, 4.69) is 4.98 Å². The van der Waals surface area contributed by atoms with Gasteiger partial charge in [-0.2, -0.15) is 0 Å². The van der Waals surface area contributed by atoms with E-state index in [4.69, 9.17) is 14.2 Å². The number of aliphatic hydroxyl groups excluding tert-OH is 2. The number of aliphatic hydroxyl groups is 2. The number of methoxy groups -OCH3 is 2. The molecule has 3 aromatic rings. The first-order valence-corrected chi connectivity index (χ1v) is 12.5. The number of hydrogen-bond acceptors (Lipinski definition) is 8. The average molecular weight is 502 g/mol. The van der Waals surface area contributed by atoms with E-state index in [1.54, 1.807) is 32.4 Å². The molecule has 9 heteroatoms. The molecule has 1 saturated carbocycles. The summed E-state index contributed by atoms with van der Waals surface area (Å²) in [7, 11) is 3.15. The van der Waals surface area contributed by atoms with Crippen molar-refractivity contribution in [3.63, 3.8) is 0 Å². The third-order valence-corrected chi connectivity index (χ3v) is 7.55. The van der Waals surface area contributed by atoms with E-state index in [9.17, 15) is 20.1 Å². The van der Waals surface area contributed by atoms with Crippen LogP contribution in [0.15, 0.2) is 24.3 Å². The molecule has 2 atom stereocenters. The van der Waals surface area contributed by atoms with Gasteiger partial charge in [-0.3, -0.25) is 0 Å². The number of carboxylic acids is 1. The summed E-state index contributed by atoms with van der Waals surface area (Å²) in [6.07, 6.45) is 2.84. The number of fused-ring (bicyclic) bond motifs is 1. The summed E-state index contributed by atoms with van der Waals surface area (Å²) in [6.45, 7) is 1.63. The van der Waals surface area contributed by atoms with Gasteiger partial charge < -0.3 is 29.5 Å². The maximum atomic E-state index is 11.8. The number of thiazole rings is 1. The lowest BCUT2D eigenvalue weighted by molar-refractivity contribution is -0.0753. The standard InChI is InChI=1S/C26H31NO7S/c1-14-19(32-2)10-16(11-20(14)33-3)25(29)21(34-17-6-4-5-7-17)12-23-27-24-18(26(30)31)8-15(13-28)9-22(24)35-23/h8-11,17,21,25,28-29H,4-7,12-13H2,1-3H3,(H,30,31). The molecule has 35 heavy (non-hydrogen) atoms. The number of hydrogen-bond donors (Lipinski definition) is 3. The van der Waals surface area contributed by atoms with E-state index >= 15 is 0 Å². The number of aromatic nitrogens is 1. The average Bonchev–Trinajstić information content (AvgIpc) is 3.51. The predicted octanol–water partition coefficient (Wildman–Crippen LogP) is 4.42. The van der Waals surface area contributed by atoms with Crippen molar-refractivity contribution in [2.45, 2.75) is 63.9 Å². The van der Waals surface area contributed by atoms with Crippen molar-refractivity contribution in [2.24, 2.45) is 0 Å². The number of rotatable bonds is 10. The van der Waals surface area contributed by atoms with Gasteiger partial charge in [0.1, 0.15) is 17.6 Å². The molecular formula is C26H31NO7S. The molecule has 2 unspecified atom stereocenters. The summed E-state index contributed by atoms with van der Waals surface area (Å²) in [4.78, 5) is 16.4. The van der Waals surface area contributed by atoms with Gasteiger partial charge >= 0.3 is 5.97 Å². The van der Waals surface area contributed by atoms with Crippen LogP contribution in [-0.4, -0.2) is 52.7 Å². The second-order valence-electron chi connectivity index (χ2n) is 8.84. The molecule has 188 valence electrons. The van der Waals surface area contributed by atoms with Gasteiger partial charge in [-0.05, 0) is 55.2 Å². The van der Waals surface area contributed by atoms with Crippen molar-refractivity contribution < 1.29 is 34.3 Å². The Labute approximate surface area is 208 Å². The molecule has 0 amide bonds. The molecule has 0 spiro atoms. The zero-order chi connectivity index (χ0) is 25.1. The van der Waals surface area contributed by atoms with Gasteiger partial charge in [0.15, 0.2) is 0 Å². The van der Waals surface area contributed by atoms with Crippen molar-refractivity contribution in [3.05, 3.63) is 51.5 Å². The van der Waals surface area contributed by atoms with Crippen molar-refractivity contribution in [1.29, 1.82) is 0 Å². The molecule has 0 aliphatic heterocycles. The number of aromatic carboxylic acids is 1. The minimum absolute atomic E-state index is 0.0499. The van der Waals surface area contributed by atoms with Gasteiger partial charge in [0, 0.05) is 12.0 Å². The number of carbonyl (C=O) groups is 1. The Morgan fingerprint density at radius 3 is 2.37 bits per heavy atom. The van der Waals surface area contributed by atoms with E-state index in [1.807, 2.05) is 6.92 Å². The van der Waals surface area contributed by atoms with Gasteiger partial charge in [0.05, 0.1) is 53.8 Å². The molecule has 1 heterocycles. The van der Waals surface area contributed by atoms with Crippen LogP contribution in [0.4, 0.5) is 0 Å². The first-order valence-electron chi connectivity index (χ1n) is 11.7. The van der Waals surface area contributed by atoms with Gasteiger partial charge in [0.25, 0.3) is 0 Å². The third kappa shape index (κ3) is 5.43. The quantitative estimate of drug-likeness (QED) is 0.374. The highest BCUT2D eigenvalue weighted by Gasteiger charge is 2.30. The van der Waals surface area contributed by atoms with Crippen molar-refractivity contribution in [2.75, 3.05) is 14.2 Å². The molecule has 2 aromatic carbocycles. The summed E-state index contributed by atoms with van der Waals surface area (Å²) in [5.74, 6) is 0.126. The Hall–Kier alpha value is -2.72.